The van der Waals surface area contributed by atoms with Crippen molar-refractivity contribution in [3.63, 3.8) is 0 Å². The van der Waals surface area contributed by atoms with Crippen LogP contribution in [0.1, 0.15) is 18.5 Å². The van der Waals surface area contributed by atoms with Gasteiger partial charge in [0.15, 0.2) is 6.61 Å². The Bertz CT molecular complexity index is 1170. The van der Waals surface area contributed by atoms with Gasteiger partial charge in [0.1, 0.15) is 11.5 Å². The highest BCUT2D eigenvalue weighted by atomic mass is 35.5. The molecule has 0 bridgehead atoms. The third-order valence-corrected chi connectivity index (χ3v) is 6.27. The van der Waals surface area contributed by atoms with Gasteiger partial charge in [-0.1, -0.05) is 41.9 Å². The quantitative estimate of drug-likeness (QED) is 0.479. The van der Waals surface area contributed by atoms with Gasteiger partial charge in [0.05, 0.1) is 23.1 Å². The number of hydrogen-bond acceptors (Lipinski definition) is 5. The second-order valence-corrected chi connectivity index (χ2v) is 9.00. The largest absolute Gasteiger partial charge is 0.497 e. The Morgan fingerprint density at radius 1 is 1.03 bits per heavy atom. The molecule has 1 amide bonds. The molecule has 3 aromatic carbocycles. The molecule has 1 atom stereocenters. The SMILES string of the molecule is COc1ccc(NS(=O)(=O)c2ccc(OCC(=O)N[C@@H](C)c3ccccc3)c(Cl)c2)cc1. The smallest absolute Gasteiger partial charge is 0.261 e. The van der Waals surface area contributed by atoms with Crippen LogP contribution in [0.5, 0.6) is 11.5 Å². The van der Waals surface area contributed by atoms with E-state index in [4.69, 9.17) is 21.1 Å². The van der Waals surface area contributed by atoms with Crippen LogP contribution in [0.25, 0.3) is 0 Å². The fraction of sp³-hybridized carbons (Fsp3) is 0.174. The molecule has 3 aromatic rings. The first kappa shape index (κ1) is 23.4. The average molecular weight is 475 g/mol. The van der Waals surface area contributed by atoms with Gasteiger partial charge in [-0.15, -0.1) is 0 Å². The van der Waals surface area contributed by atoms with E-state index in [1.54, 1.807) is 24.3 Å². The first-order valence-electron chi connectivity index (χ1n) is 9.72. The molecule has 7 nitrogen and oxygen atoms in total. The second-order valence-electron chi connectivity index (χ2n) is 6.91. The maximum absolute atomic E-state index is 12.6. The van der Waals surface area contributed by atoms with Gasteiger partial charge in [0.25, 0.3) is 15.9 Å². The Hall–Kier alpha value is -3.23. The first-order chi connectivity index (χ1) is 15.3. The van der Waals surface area contributed by atoms with Crippen molar-refractivity contribution in [1.82, 2.24) is 5.32 Å². The zero-order chi connectivity index (χ0) is 23.1. The Morgan fingerprint density at radius 2 is 1.72 bits per heavy atom. The minimum absolute atomic E-state index is 0.0344. The van der Waals surface area contributed by atoms with E-state index in [9.17, 15) is 13.2 Å². The van der Waals surface area contributed by atoms with Crippen molar-refractivity contribution in [3.05, 3.63) is 83.4 Å². The van der Waals surface area contributed by atoms with Gasteiger partial charge in [0.2, 0.25) is 0 Å². The highest BCUT2D eigenvalue weighted by Gasteiger charge is 2.17. The molecule has 3 rings (SSSR count). The minimum Gasteiger partial charge on any atom is -0.497 e. The van der Waals surface area contributed by atoms with Crippen LogP contribution in [0.15, 0.2) is 77.7 Å². The van der Waals surface area contributed by atoms with Crippen LogP contribution in [0.4, 0.5) is 5.69 Å². The lowest BCUT2D eigenvalue weighted by Gasteiger charge is -2.15. The summed E-state index contributed by atoms with van der Waals surface area (Å²) < 4.78 is 38.3. The molecular weight excluding hydrogens is 452 g/mol. The van der Waals surface area contributed by atoms with E-state index >= 15 is 0 Å². The number of hydrogen-bond donors (Lipinski definition) is 2. The summed E-state index contributed by atoms with van der Waals surface area (Å²) in [6.45, 7) is 1.61. The third kappa shape index (κ3) is 6.15. The number of rotatable bonds is 9. The predicted octanol–water partition coefficient (Wildman–Crippen LogP) is 4.41. The molecule has 2 N–H and O–H groups in total. The molecule has 0 saturated carbocycles. The summed E-state index contributed by atoms with van der Waals surface area (Å²) in [6.07, 6.45) is 0. The van der Waals surface area contributed by atoms with Crippen LogP contribution >= 0.6 is 11.6 Å². The number of nitrogens with one attached hydrogen (secondary N) is 2. The topological polar surface area (TPSA) is 93.7 Å². The van der Waals surface area contributed by atoms with Crippen molar-refractivity contribution in [2.75, 3.05) is 18.4 Å². The van der Waals surface area contributed by atoms with E-state index in [1.807, 2.05) is 37.3 Å². The lowest BCUT2D eigenvalue weighted by Crippen LogP contribution is -2.31. The summed E-state index contributed by atoms with van der Waals surface area (Å²) in [5.41, 5.74) is 1.35. The number of benzene rings is 3. The van der Waals surface area contributed by atoms with E-state index in [1.165, 1.54) is 25.3 Å². The monoisotopic (exact) mass is 474 g/mol. The molecule has 0 aliphatic rings. The van der Waals surface area contributed by atoms with Crippen LogP contribution in [0.2, 0.25) is 5.02 Å². The highest BCUT2D eigenvalue weighted by Crippen LogP contribution is 2.28. The third-order valence-electron chi connectivity index (χ3n) is 4.59. The number of ether oxygens (including phenoxy) is 2. The Labute approximate surface area is 192 Å². The predicted molar refractivity (Wildman–Crippen MR) is 124 cm³/mol. The summed E-state index contributed by atoms with van der Waals surface area (Å²) in [7, 11) is -2.33. The number of halogens is 1. The number of methoxy groups -OCH3 is 1. The van der Waals surface area contributed by atoms with Crippen molar-refractivity contribution < 1.29 is 22.7 Å². The fourth-order valence-electron chi connectivity index (χ4n) is 2.89. The second kappa shape index (κ2) is 10.4. The molecule has 0 radical (unpaired) electrons. The van der Waals surface area contributed by atoms with E-state index in [2.05, 4.69) is 10.0 Å². The van der Waals surface area contributed by atoms with Crippen LogP contribution in [0.3, 0.4) is 0 Å². The van der Waals surface area contributed by atoms with Crippen LogP contribution in [-0.4, -0.2) is 28.0 Å². The zero-order valence-corrected chi connectivity index (χ0v) is 19.1. The van der Waals surface area contributed by atoms with E-state index in [0.29, 0.717) is 11.4 Å². The maximum atomic E-state index is 12.6. The number of carbonyl (C=O) groups excluding carboxylic acids is 1. The molecule has 0 aliphatic heterocycles. The van der Waals surface area contributed by atoms with Crippen LogP contribution < -0.4 is 19.5 Å². The lowest BCUT2D eigenvalue weighted by molar-refractivity contribution is -0.123. The van der Waals surface area contributed by atoms with E-state index in [-0.39, 0.29) is 34.2 Å². The molecule has 0 aromatic heterocycles. The summed E-state index contributed by atoms with van der Waals surface area (Å²) in [5, 5.41) is 2.91. The van der Waals surface area contributed by atoms with Crippen molar-refractivity contribution in [1.29, 1.82) is 0 Å². The van der Waals surface area contributed by atoms with E-state index < -0.39 is 10.0 Å². The summed E-state index contributed by atoms with van der Waals surface area (Å²) in [4.78, 5) is 12.2. The van der Waals surface area contributed by atoms with Crippen LogP contribution in [0, 0.1) is 0 Å². The van der Waals surface area contributed by atoms with Crippen LogP contribution in [-0.2, 0) is 14.8 Å². The number of amides is 1. The Balaban J connectivity index is 1.60. The van der Waals surface area contributed by atoms with Crippen molar-refractivity contribution in [2.24, 2.45) is 0 Å². The van der Waals surface area contributed by atoms with Gasteiger partial charge >= 0.3 is 0 Å². The minimum atomic E-state index is -3.86. The molecule has 0 fully saturated rings. The molecule has 0 aliphatic carbocycles. The van der Waals surface area contributed by atoms with Crippen molar-refractivity contribution in [2.45, 2.75) is 17.9 Å². The van der Waals surface area contributed by atoms with E-state index in [0.717, 1.165) is 5.56 Å². The zero-order valence-electron chi connectivity index (χ0n) is 17.5. The molecule has 0 heterocycles. The molecule has 0 saturated heterocycles. The standard InChI is InChI=1S/C23H23ClN2O5S/c1-16(17-6-4-3-5-7-17)25-23(27)15-31-22-13-12-20(14-21(22)24)32(28,29)26-18-8-10-19(30-2)11-9-18/h3-14,16,26H,15H2,1-2H3,(H,25,27)/t16-/m0/s1. The molecule has 0 unspecified atom stereocenters. The molecule has 32 heavy (non-hydrogen) atoms. The molecule has 0 spiro atoms. The Morgan fingerprint density at radius 3 is 2.34 bits per heavy atom. The van der Waals surface area contributed by atoms with Gasteiger partial charge in [-0.2, -0.15) is 0 Å². The molecule has 168 valence electrons. The van der Waals surface area contributed by atoms with Gasteiger partial charge in [0, 0.05) is 5.69 Å². The average Bonchev–Trinajstić information content (AvgIpc) is 2.79. The van der Waals surface area contributed by atoms with Gasteiger partial charge in [-0.25, -0.2) is 8.42 Å². The number of sulfonamides is 1. The first-order valence-corrected chi connectivity index (χ1v) is 11.6. The van der Waals surface area contributed by atoms with Crippen molar-refractivity contribution >= 4 is 33.2 Å². The van der Waals surface area contributed by atoms with Gasteiger partial charge in [-0.3, -0.25) is 9.52 Å². The Kier molecular flexibility index (Phi) is 7.61. The normalized spacial score (nSPS) is 12.0. The molecular formula is C23H23ClN2O5S. The lowest BCUT2D eigenvalue weighted by atomic mass is 10.1. The van der Waals surface area contributed by atoms with Gasteiger partial charge < -0.3 is 14.8 Å². The molecule has 9 heteroatoms. The fourth-order valence-corrected chi connectivity index (χ4v) is 4.27. The highest BCUT2D eigenvalue weighted by molar-refractivity contribution is 7.92. The summed E-state index contributed by atoms with van der Waals surface area (Å²) in [6, 6.07) is 19.9. The summed E-state index contributed by atoms with van der Waals surface area (Å²) >= 11 is 6.20. The van der Waals surface area contributed by atoms with Gasteiger partial charge in [-0.05, 0) is 55.0 Å². The summed E-state index contributed by atoms with van der Waals surface area (Å²) in [5.74, 6) is 0.493. The van der Waals surface area contributed by atoms with Crippen molar-refractivity contribution in [3.8, 4) is 11.5 Å². The number of anilines is 1. The maximum Gasteiger partial charge on any atom is 0.261 e. The number of carbonyl (C=O) groups is 1.